The van der Waals surface area contributed by atoms with Crippen molar-refractivity contribution in [2.24, 2.45) is 0 Å². The maximum Gasteiger partial charge on any atom is 0.275 e. The van der Waals surface area contributed by atoms with Crippen LogP contribution in [0.5, 0.6) is 0 Å². The molecule has 5 aromatic rings. The van der Waals surface area contributed by atoms with Gasteiger partial charge in [-0.15, -0.1) is 0 Å². The number of amides is 3. The van der Waals surface area contributed by atoms with E-state index in [2.05, 4.69) is 9.82 Å². The molecule has 0 saturated carbocycles. The highest BCUT2D eigenvalue weighted by atomic mass is 35.5. The van der Waals surface area contributed by atoms with Gasteiger partial charge in [-0.2, -0.15) is 15.7 Å². The molecule has 1 aromatic heterocycles. The standard InChI is InChI=1S/C39H42ClN5O7S2/c1-4-6-20-43(21-7-5-2)39(48)36-35(40)26(3)45(41-36)33-19-17-29(37(46)42-54(51,52)31-18-16-27-12-8-9-13-28(27)22-31)23-32(33)38(47)44-24-30-14-10-11-15-34(30)53(49,50)25-44/h8-19,22-23,49-50H,4-7,20-21,24-25H2,1-3H3,(H,42,46). The van der Waals surface area contributed by atoms with E-state index in [4.69, 9.17) is 11.6 Å². The van der Waals surface area contributed by atoms with Crippen LogP contribution in [0.15, 0.2) is 94.7 Å². The number of aromatic nitrogens is 2. The predicted octanol–water partition coefficient (Wildman–Crippen LogP) is 7.87. The Kier molecular flexibility index (Phi) is 11.5. The van der Waals surface area contributed by atoms with Gasteiger partial charge in [-0.05, 0) is 72.5 Å². The smallest absolute Gasteiger partial charge is 0.275 e. The molecule has 12 nitrogen and oxygen atoms in total. The van der Waals surface area contributed by atoms with Gasteiger partial charge in [-0.3, -0.25) is 23.5 Å². The van der Waals surface area contributed by atoms with Gasteiger partial charge in [0, 0.05) is 25.2 Å². The molecule has 3 N–H and O–H groups in total. The second kappa shape index (κ2) is 15.9. The fourth-order valence-corrected chi connectivity index (χ4v) is 9.26. The normalized spacial score (nSPS) is 14.4. The molecule has 4 aromatic carbocycles. The van der Waals surface area contributed by atoms with Crippen molar-refractivity contribution in [2.45, 2.75) is 62.8 Å². The SMILES string of the molecule is CCCCN(CCCC)C(=O)c1nn(-c2ccc(C(=O)NS(=O)(=O)c3ccc4ccccc4c3)cc2C(=O)N2Cc3ccccc3S(O)(O)C2)c(C)c1Cl. The van der Waals surface area contributed by atoms with Gasteiger partial charge in [0.2, 0.25) is 0 Å². The summed E-state index contributed by atoms with van der Waals surface area (Å²) in [6, 6.07) is 22.5. The highest BCUT2D eigenvalue weighted by Crippen LogP contribution is 2.53. The first-order valence-electron chi connectivity index (χ1n) is 17.6. The van der Waals surface area contributed by atoms with E-state index in [1.54, 1.807) is 54.3 Å². The molecule has 1 aliphatic rings. The lowest BCUT2D eigenvalue weighted by molar-refractivity contribution is 0.0743. The van der Waals surface area contributed by atoms with Crippen LogP contribution in [0, 0.1) is 6.92 Å². The van der Waals surface area contributed by atoms with Gasteiger partial charge in [0.05, 0.1) is 31.8 Å². The third-order valence-electron chi connectivity index (χ3n) is 9.38. The average Bonchev–Trinajstić information content (AvgIpc) is 3.46. The first-order chi connectivity index (χ1) is 25.8. The van der Waals surface area contributed by atoms with Crippen LogP contribution >= 0.6 is 22.2 Å². The van der Waals surface area contributed by atoms with E-state index < -0.39 is 38.3 Å². The number of halogens is 1. The van der Waals surface area contributed by atoms with E-state index in [-0.39, 0.29) is 44.9 Å². The molecule has 1 aliphatic heterocycles. The molecule has 2 heterocycles. The Labute approximate surface area is 321 Å². The minimum absolute atomic E-state index is 0.00384. The Morgan fingerprint density at radius 3 is 2.28 bits per heavy atom. The summed E-state index contributed by atoms with van der Waals surface area (Å²) in [4.78, 5) is 45.2. The van der Waals surface area contributed by atoms with Crippen molar-refractivity contribution < 1.29 is 31.9 Å². The zero-order chi connectivity index (χ0) is 38.8. The van der Waals surface area contributed by atoms with Gasteiger partial charge in [-0.1, -0.05) is 86.8 Å². The topological polar surface area (TPSA) is 162 Å². The van der Waals surface area contributed by atoms with Crippen LogP contribution in [-0.4, -0.2) is 73.8 Å². The predicted molar refractivity (Wildman–Crippen MR) is 210 cm³/mol. The Hall–Kier alpha value is -4.73. The minimum Gasteiger partial charge on any atom is -0.337 e. The van der Waals surface area contributed by atoms with Crippen LogP contribution in [-0.2, 0) is 16.6 Å². The summed E-state index contributed by atoms with van der Waals surface area (Å²) in [6.45, 7) is 6.80. The second-order valence-electron chi connectivity index (χ2n) is 13.2. The number of fused-ring (bicyclic) bond motifs is 2. The van der Waals surface area contributed by atoms with Crippen LogP contribution in [0.3, 0.4) is 0 Å². The van der Waals surface area contributed by atoms with Gasteiger partial charge < -0.3 is 9.80 Å². The first-order valence-corrected chi connectivity index (χ1v) is 21.2. The lowest BCUT2D eigenvalue weighted by Crippen LogP contribution is -2.38. The molecule has 0 atom stereocenters. The van der Waals surface area contributed by atoms with Crippen molar-refractivity contribution in [3.8, 4) is 5.69 Å². The zero-order valence-corrected chi connectivity index (χ0v) is 32.5. The zero-order valence-electron chi connectivity index (χ0n) is 30.2. The van der Waals surface area contributed by atoms with Crippen LogP contribution in [0.2, 0.25) is 5.02 Å². The van der Waals surface area contributed by atoms with Crippen molar-refractivity contribution in [2.75, 3.05) is 19.0 Å². The van der Waals surface area contributed by atoms with Gasteiger partial charge in [-0.25, -0.2) is 17.8 Å². The lowest BCUT2D eigenvalue weighted by Gasteiger charge is -2.43. The van der Waals surface area contributed by atoms with Crippen molar-refractivity contribution >= 4 is 60.7 Å². The van der Waals surface area contributed by atoms with Gasteiger partial charge in [0.1, 0.15) is 5.88 Å². The molecule has 0 bridgehead atoms. The number of hydrogen-bond acceptors (Lipinski definition) is 8. The molecule has 3 amide bonds. The highest BCUT2D eigenvalue weighted by Gasteiger charge is 2.34. The molecule has 0 unspecified atom stereocenters. The van der Waals surface area contributed by atoms with Crippen LogP contribution in [0.25, 0.3) is 16.5 Å². The third-order valence-corrected chi connectivity index (χ3v) is 12.9. The molecule has 284 valence electrons. The largest absolute Gasteiger partial charge is 0.337 e. The molecule has 54 heavy (non-hydrogen) atoms. The Balaban J connectivity index is 1.41. The Bertz CT molecular complexity index is 2350. The summed E-state index contributed by atoms with van der Waals surface area (Å²) in [7, 11) is -7.75. The first kappa shape index (κ1) is 39.0. The Morgan fingerprint density at radius 2 is 1.57 bits per heavy atom. The van der Waals surface area contributed by atoms with Crippen LogP contribution in [0.4, 0.5) is 0 Å². The van der Waals surface area contributed by atoms with E-state index in [1.807, 2.05) is 26.0 Å². The maximum absolute atomic E-state index is 14.5. The molecule has 0 radical (unpaired) electrons. The van der Waals surface area contributed by atoms with Crippen LogP contribution in [0.1, 0.15) is 82.0 Å². The van der Waals surface area contributed by atoms with E-state index >= 15 is 0 Å². The number of nitrogens with zero attached hydrogens (tertiary/aromatic N) is 4. The highest BCUT2D eigenvalue weighted by molar-refractivity contribution is 8.24. The van der Waals surface area contributed by atoms with Crippen molar-refractivity contribution in [3.63, 3.8) is 0 Å². The van der Waals surface area contributed by atoms with E-state index in [0.29, 0.717) is 34.6 Å². The van der Waals surface area contributed by atoms with E-state index in [9.17, 15) is 31.9 Å². The molecular formula is C39H42ClN5O7S2. The number of hydrogen-bond donors (Lipinski definition) is 3. The number of unbranched alkanes of at least 4 members (excludes halogenated alkanes) is 2. The summed E-state index contributed by atoms with van der Waals surface area (Å²) in [6.07, 6.45) is 3.36. The summed E-state index contributed by atoms with van der Waals surface area (Å²) in [5, 5.41) is 6.19. The number of carbonyl (C=O) groups is 3. The average molecular weight is 792 g/mol. The molecule has 0 aliphatic carbocycles. The van der Waals surface area contributed by atoms with Crippen LogP contribution < -0.4 is 4.72 Å². The van der Waals surface area contributed by atoms with Gasteiger partial charge in [0.25, 0.3) is 27.7 Å². The monoisotopic (exact) mass is 791 g/mol. The number of rotatable bonds is 12. The van der Waals surface area contributed by atoms with E-state index in [1.165, 1.54) is 39.9 Å². The summed E-state index contributed by atoms with van der Waals surface area (Å²) >= 11 is 6.77. The number of sulfonamides is 1. The maximum atomic E-state index is 14.5. The molecular weight excluding hydrogens is 750 g/mol. The molecule has 0 spiro atoms. The van der Waals surface area contributed by atoms with Gasteiger partial charge in [0.15, 0.2) is 5.69 Å². The third kappa shape index (κ3) is 7.89. The van der Waals surface area contributed by atoms with Crippen molar-refractivity contribution in [1.29, 1.82) is 0 Å². The number of benzene rings is 4. The van der Waals surface area contributed by atoms with E-state index in [0.717, 1.165) is 31.1 Å². The molecule has 15 heteroatoms. The van der Waals surface area contributed by atoms with Crippen molar-refractivity contribution in [1.82, 2.24) is 24.3 Å². The molecule has 0 fully saturated rings. The Morgan fingerprint density at radius 1 is 0.907 bits per heavy atom. The fourth-order valence-electron chi connectivity index (χ4n) is 6.42. The summed E-state index contributed by atoms with van der Waals surface area (Å²) in [5.74, 6) is -2.45. The molecule has 0 saturated heterocycles. The summed E-state index contributed by atoms with van der Waals surface area (Å²) < 4.78 is 52.4. The van der Waals surface area contributed by atoms with Gasteiger partial charge >= 0.3 is 0 Å². The van der Waals surface area contributed by atoms with Crippen molar-refractivity contribution in [3.05, 3.63) is 118 Å². The number of carbonyl (C=O) groups excluding carboxylic acids is 3. The lowest BCUT2D eigenvalue weighted by atomic mass is 10.1. The number of nitrogens with one attached hydrogen (secondary N) is 1. The fraction of sp³-hybridized carbons (Fsp3) is 0.282. The quantitative estimate of drug-likeness (QED) is 0.115. The minimum atomic E-state index is -4.34. The second-order valence-corrected chi connectivity index (χ2v) is 17.3. The molecule has 6 rings (SSSR count). The summed E-state index contributed by atoms with van der Waals surface area (Å²) in [5.41, 5.74) is 0.785.